The van der Waals surface area contributed by atoms with Crippen LogP contribution in [0.4, 0.5) is 4.79 Å². The van der Waals surface area contributed by atoms with Crippen molar-refractivity contribution in [1.82, 2.24) is 9.80 Å². The number of likely N-dealkylation sites (tertiary alicyclic amines) is 1. The summed E-state index contributed by atoms with van der Waals surface area (Å²) >= 11 is 0. The van der Waals surface area contributed by atoms with Crippen molar-refractivity contribution in [3.8, 4) is 0 Å². The molecule has 0 unspecified atom stereocenters. The van der Waals surface area contributed by atoms with Crippen LogP contribution in [0.2, 0.25) is 0 Å². The molecule has 0 aromatic carbocycles. The van der Waals surface area contributed by atoms with Gasteiger partial charge in [-0.2, -0.15) is 0 Å². The van der Waals surface area contributed by atoms with E-state index in [0.717, 1.165) is 25.9 Å². The molecule has 1 rings (SSSR count). The molecule has 0 aliphatic carbocycles. The van der Waals surface area contributed by atoms with Crippen LogP contribution in [-0.2, 0) is 4.74 Å². The number of nitrogens with zero attached hydrogens (tertiary/aromatic N) is 2. The SMILES string of the molecule is CN1CCC[C@@H](OC(=O)N(C)C)C1. The van der Waals surface area contributed by atoms with Gasteiger partial charge in [0.1, 0.15) is 6.10 Å². The van der Waals surface area contributed by atoms with Crippen LogP contribution in [0.25, 0.3) is 0 Å². The molecule has 1 heterocycles. The number of carbonyl (C=O) groups excluding carboxylic acids is 1. The van der Waals surface area contributed by atoms with E-state index in [1.165, 1.54) is 4.90 Å². The molecular formula is C9H18N2O2. The minimum atomic E-state index is -0.236. The van der Waals surface area contributed by atoms with E-state index in [-0.39, 0.29) is 12.2 Å². The molecule has 4 heteroatoms. The number of piperidine rings is 1. The standard InChI is InChI=1S/C9H18N2O2/c1-10(2)9(12)13-8-5-4-6-11(3)7-8/h8H,4-7H2,1-3H3/t8-/m1/s1. The minimum absolute atomic E-state index is 0.0775. The van der Waals surface area contributed by atoms with E-state index >= 15 is 0 Å². The molecule has 0 spiro atoms. The second kappa shape index (κ2) is 4.46. The van der Waals surface area contributed by atoms with Crippen molar-refractivity contribution in [1.29, 1.82) is 0 Å². The first-order valence-electron chi connectivity index (χ1n) is 4.66. The van der Waals surface area contributed by atoms with Gasteiger partial charge in [-0.25, -0.2) is 4.79 Å². The van der Waals surface area contributed by atoms with Gasteiger partial charge in [0.2, 0.25) is 0 Å². The lowest BCUT2D eigenvalue weighted by Gasteiger charge is -2.29. The fourth-order valence-corrected chi connectivity index (χ4v) is 1.46. The third-order valence-electron chi connectivity index (χ3n) is 2.21. The molecular weight excluding hydrogens is 168 g/mol. The molecule has 1 amide bonds. The van der Waals surface area contributed by atoms with Crippen LogP contribution in [-0.4, -0.2) is 56.2 Å². The molecule has 1 saturated heterocycles. The highest BCUT2D eigenvalue weighted by Gasteiger charge is 2.21. The Bertz CT molecular complexity index is 182. The Morgan fingerprint density at radius 1 is 1.54 bits per heavy atom. The van der Waals surface area contributed by atoms with Crippen molar-refractivity contribution in [2.75, 3.05) is 34.2 Å². The Morgan fingerprint density at radius 2 is 2.23 bits per heavy atom. The van der Waals surface area contributed by atoms with Crippen LogP contribution in [0.15, 0.2) is 0 Å². The summed E-state index contributed by atoms with van der Waals surface area (Å²) in [6.45, 7) is 1.97. The van der Waals surface area contributed by atoms with E-state index in [4.69, 9.17) is 4.74 Å². The summed E-state index contributed by atoms with van der Waals surface area (Å²) in [5.74, 6) is 0. The zero-order valence-corrected chi connectivity index (χ0v) is 8.62. The largest absolute Gasteiger partial charge is 0.445 e. The van der Waals surface area contributed by atoms with Crippen molar-refractivity contribution >= 4 is 6.09 Å². The van der Waals surface area contributed by atoms with E-state index in [1.54, 1.807) is 14.1 Å². The molecule has 0 aromatic heterocycles. The number of rotatable bonds is 1. The maximum atomic E-state index is 11.2. The average Bonchev–Trinajstić information content (AvgIpc) is 2.04. The third-order valence-corrected chi connectivity index (χ3v) is 2.21. The van der Waals surface area contributed by atoms with Crippen molar-refractivity contribution < 1.29 is 9.53 Å². The Hall–Kier alpha value is -0.770. The first-order valence-corrected chi connectivity index (χ1v) is 4.66. The number of carbonyl (C=O) groups is 1. The van der Waals surface area contributed by atoms with E-state index in [1.807, 2.05) is 0 Å². The predicted molar refractivity (Wildman–Crippen MR) is 50.7 cm³/mol. The Morgan fingerprint density at radius 3 is 2.77 bits per heavy atom. The Balaban J connectivity index is 2.31. The molecule has 0 saturated carbocycles. The molecule has 13 heavy (non-hydrogen) atoms. The van der Waals surface area contributed by atoms with Gasteiger partial charge in [0, 0.05) is 20.6 Å². The van der Waals surface area contributed by atoms with E-state index in [0.29, 0.717) is 0 Å². The summed E-state index contributed by atoms with van der Waals surface area (Å²) in [6.07, 6.45) is 1.94. The van der Waals surface area contributed by atoms with Gasteiger partial charge in [-0.15, -0.1) is 0 Å². The van der Waals surface area contributed by atoms with Gasteiger partial charge in [-0.3, -0.25) is 0 Å². The predicted octanol–water partition coefficient (Wildman–Crippen LogP) is 0.779. The molecule has 76 valence electrons. The van der Waals surface area contributed by atoms with Crippen molar-refractivity contribution in [3.63, 3.8) is 0 Å². The lowest BCUT2D eigenvalue weighted by molar-refractivity contribution is 0.0357. The van der Waals surface area contributed by atoms with Crippen LogP contribution in [0.1, 0.15) is 12.8 Å². The first-order chi connectivity index (χ1) is 6.09. The summed E-state index contributed by atoms with van der Waals surface area (Å²) in [6, 6.07) is 0. The molecule has 0 aromatic rings. The Kier molecular flexibility index (Phi) is 3.54. The summed E-state index contributed by atoms with van der Waals surface area (Å²) in [5.41, 5.74) is 0. The molecule has 4 nitrogen and oxygen atoms in total. The van der Waals surface area contributed by atoms with Gasteiger partial charge in [0.15, 0.2) is 0 Å². The third kappa shape index (κ3) is 3.22. The van der Waals surface area contributed by atoms with E-state index in [2.05, 4.69) is 11.9 Å². The molecule has 0 radical (unpaired) electrons. The molecule has 0 N–H and O–H groups in total. The summed E-state index contributed by atoms with van der Waals surface area (Å²) in [7, 11) is 5.46. The van der Waals surface area contributed by atoms with Crippen LogP contribution in [0.3, 0.4) is 0 Å². The second-order valence-electron chi connectivity index (χ2n) is 3.80. The molecule has 1 aliphatic rings. The lowest BCUT2D eigenvalue weighted by Crippen LogP contribution is -2.39. The fourth-order valence-electron chi connectivity index (χ4n) is 1.46. The normalized spacial score (nSPS) is 24.1. The zero-order chi connectivity index (χ0) is 9.84. The zero-order valence-electron chi connectivity index (χ0n) is 8.62. The maximum Gasteiger partial charge on any atom is 0.409 e. The molecule has 0 bridgehead atoms. The molecule has 1 fully saturated rings. The van der Waals surface area contributed by atoms with E-state index < -0.39 is 0 Å². The van der Waals surface area contributed by atoms with Crippen LogP contribution >= 0.6 is 0 Å². The first kappa shape index (κ1) is 10.3. The minimum Gasteiger partial charge on any atom is -0.445 e. The second-order valence-corrected chi connectivity index (χ2v) is 3.80. The average molecular weight is 186 g/mol. The van der Waals surface area contributed by atoms with Gasteiger partial charge in [0.25, 0.3) is 0 Å². The maximum absolute atomic E-state index is 11.2. The number of amides is 1. The van der Waals surface area contributed by atoms with Crippen molar-refractivity contribution in [3.05, 3.63) is 0 Å². The topological polar surface area (TPSA) is 32.8 Å². The van der Waals surface area contributed by atoms with Crippen molar-refractivity contribution in [2.45, 2.75) is 18.9 Å². The quantitative estimate of drug-likeness (QED) is 0.606. The highest BCUT2D eigenvalue weighted by molar-refractivity contribution is 5.66. The number of likely N-dealkylation sites (N-methyl/N-ethyl adjacent to an activating group) is 1. The highest BCUT2D eigenvalue weighted by Crippen LogP contribution is 2.12. The molecule has 1 atom stereocenters. The number of ether oxygens (including phenoxy) is 1. The smallest absolute Gasteiger partial charge is 0.409 e. The number of hydrogen-bond donors (Lipinski definition) is 0. The van der Waals surface area contributed by atoms with Gasteiger partial charge in [-0.05, 0) is 26.4 Å². The van der Waals surface area contributed by atoms with Crippen LogP contribution in [0.5, 0.6) is 0 Å². The lowest BCUT2D eigenvalue weighted by atomic mass is 10.1. The Labute approximate surface area is 79.4 Å². The molecule has 1 aliphatic heterocycles. The van der Waals surface area contributed by atoms with E-state index in [9.17, 15) is 4.79 Å². The van der Waals surface area contributed by atoms with Crippen molar-refractivity contribution in [2.24, 2.45) is 0 Å². The summed E-state index contributed by atoms with van der Waals surface area (Å²) in [5, 5.41) is 0. The van der Waals surface area contributed by atoms with Crippen LogP contribution < -0.4 is 0 Å². The highest BCUT2D eigenvalue weighted by atomic mass is 16.6. The number of hydrogen-bond acceptors (Lipinski definition) is 3. The summed E-state index contributed by atoms with van der Waals surface area (Å²) in [4.78, 5) is 14.9. The van der Waals surface area contributed by atoms with Gasteiger partial charge in [0.05, 0.1) is 0 Å². The van der Waals surface area contributed by atoms with Gasteiger partial charge in [-0.1, -0.05) is 0 Å². The monoisotopic (exact) mass is 186 g/mol. The summed E-state index contributed by atoms with van der Waals surface area (Å²) < 4.78 is 5.27. The fraction of sp³-hybridized carbons (Fsp3) is 0.889. The van der Waals surface area contributed by atoms with Gasteiger partial charge < -0.3 is 14.5 Å². The van der Waals surface area contributed by atoms with Gasteiger partial charge >= 0.3 is 6.09 Å². The van der Waals surface area contributed by atoms with Crippen LogP contribution in [0, 0.1) is 0 Å².